The number of benzene rings is 3. The lowest BCUT2D eigenvalue weighted by Gasteiger charge is -2.10. The molecule has 0 atom stereocenters. The van der Waals surface area contributed by atoms with Gasteiger partial charge in [0.15, 0.2) is 0 Å². The average molecular weight is 386 g/mol. The minimum absolute atomic E-state index is 0. The van der Waals surface area contributed by atoms with Crippen LogP contribution in [0, 0.1) is 6.92 Å². The van der Waals surface area contributed by atoms with Crippen molar-refractivity contribution in [1.29, 1.82) is 0 Å². The Bertz CT molecular complexity index is 798. The molecule has 0 amide bonds. The fourth-order valence-electron chi connectivity index (χ4n) is 3.52. The molecule has 3 aromatic carbocycles. The number of aryl methyl sites for hydroxylation is 2. The molecule has 0 fully saturated rings. The van der Waals surface area contributed by atoms with Crippen LogP contribution in [0.25, 0.3) is 0 Å². The van der Waals surface area contributed by atoms with Crippen LogP contribution in [0.4, 0.5) is 0 Å². The molecule has 0 aliphatic rings. The van der Waals surface area contributed by atoms with Crippen molar-refractivity contribution >= 4 is 6.71 Å². The third kappa shape index (κ3) is 8.32. The first-order valence-corrected chi connectivity index (χ1v) is 10.8. The predicted molar refractivity (Wildman–Crippen MR) is 133 cm³/mol. The Morgan fingerprint density at radius 1 is 0.586 bits per heavy atom. The van der Waals surface area contributed by atoms with Gasteiger partial charge in [0, 0.05) is 0 Å². The second-order valence-corrected chi connectivity index (χ2v) is 7.66. The summed E-state index contributed by atoms with van der Waals surface area (Å²) in [5, 5.41) is 0. The number of hydrogen-bond donors (Lipinski definition) is 0. The maximum Gasteiger partial charge on any atom is 0.146 e. The molecule has 0 nitrogen and oxygen atoms in total. The second kappa shape index (κ2) is 13.0. The molecule has 29 heavy (non-hydrogen) atoms. The summed E-state index contributed by atoms with van der Waals surface area (Å²) in [6.45, 7) is 11.4. The van der Waals surface area contributed by atoms with Gasteiger partial charge in [0.05, 0.1) is 0 Å². The van der Waals surface area contributed by atoms with Crippen molar-refractivity contribution < 1.29 is 0 Å². The molecule has 0 unspecified atom stereocenters. The lowest BCUT2D eigenvalue weighted by molar-refractivity contribution is 1.12. The molecule has 0 aliphatic carbocycles. The molecule has 0 N–H and O–H groups in total. The number of hydrogen-bond acceptors (Lipinski definition) is 0. The first kappa shape index (κ1) is 24.8. The minimum atomic E-state index is 0. The Kier molecular flexibility index (Phi) is 11.1. The van der Waals surface area contributed by atoms with Crippen molar-refractivity contribution in [2.24, 2.45) is 0 Å². The molecule has 3 rings (SSSR count). The van der Waals surface area contributed by atoms with Gasteiger partial charge in [-0.15, -0.1) is 0 Å². The van der Waals surface area contributed by atoms with Crippen molar-refractivity contribution in [1.82, 2.24) is 0 Å². The van der Waals surface area contributed by atoms with Crippen LogP contribution in [0.15, 0.2) is 72.8 Å². The van der Waals surface area contributed by atoms with Gasteiger partial charge in [0.1, 0.15) is 6.71 Å². The van der Waals surface area contributed by atoms with Crippen LogP contribution < -0.4 is 0 Å². The van der Waals surface area contributed by atoms with Crippen LogP contribution in [-0.2, 0) is 25.5 Å². The summed E-state index contributed by atoms with van der Waals surface area (Å²) < 4.78 is 0. The van der Waals surface area contributed by atoms with Crippen LogP contribution in [-0.4, -0.2) is 6.71 Å². The molecular weight excluding hydrogens is 347 g/mol. The van der Waals surface area contributed by atoms with Crippen molar-refractivity contribution in [2.75, 3.05) is 0 Å². The van der Waals surface area contributed by atoms with Gasteiger partial charge in [0.25, 0.3) is 0 Å². The van der Waals surface area contributed by atoms with Crippen LogP contribution in [0.3, 0.4) is 0 Å². The average Bonchev–Trinajstić information content (AvgIpc) is 2.73. The molecule has 0 saturated heterocycles. The Balaban J connectivity index is 0.00000136. The van der Waals surface area contributed by atoms with Gasteiger partial charge >= 0.3 is 0 Å². The van der Waals surface area contributed by atoms with Gasteiger partial charge in [-0.25, -0.2) is 0 Å². The van der Waals surface area contributed by atoms with E-state index in [2.05, 4.69) is 93.5 Å². The van der Waals surface area contributed by atoms with Gasteiger partial charge in [0.2, 0.25) is 0 Å². The van der Waals surface area contributed by atoms with E-state index in [0.29, 0.717) is 6.71 Å². The quantitative estimate of drug-likeness (QED) is 0.363. The van der Waals surface area contributed by atoms with Crippen LogP contribution in [0.5, 0.6) is 0 Å². The van der Waals surface area contributed by atoms with Gasteiger partial charge in [-0.2, -0.15) is 0 Å². The standard InChI is InChI=1S/C25H29B.C2H6.CH4/c1-4-21-9-11-22(12-10-21)17-23-13-15-25(16-14-23)19-26(3)18-24-7-5-20(2)6-8-24;1-2;/h5-16H,4,17-19H2,1-3H3;1-2H3;1H4. The maximum absolute atomic E-state index is 2.35. The van der Waals surface area contributed by atoms with E-state index >= 15 is 0 Å². The molecule has 0 radical (unpaired) electrons. The van der Waals surface area contributed by atoms with Crippen molar-refractivity contribution in [3.05, 3.63) is 106 Å². The largest absolute Gasteiger partial charge is 0.146 e. The third-order valence-corrected chi connectivity index (χ3v) is 5.15. The molecule has 0 saturated carbocycles. The molecule has 0 bridgehead atoms. The first-order valence-electron chi connectivity index (χ1n) is 10.8. The molecule has 0 heterocycles. The molecule has 154 valence electrons. The summed E-state index contributed by atoms with van der Waals surface area (Å²) in [7, 11) is 0. The minimum Gasteiger partial charge on any atom is -0.0855 e. The van der Waals surface area contributed by atoms with E-state index in [-0.39, 0.29) is 7.43 Å². The zero-order valence-corrected chi connectivity index (χ0v) is 18.3. The molecule has 3 aromatic rings. The van der Waals surface area contributed by atoms with Crippen molar-refractivity contribution in [3.8, 4) is 0 Å². The summed E-state index contributed by atoms with van der Waals surface area (Å²) in [4.78, 5) is 0. The van der Waals surface area contributed by atoms with E-state index < -0.39 is 0 Å². The fraction of sp³-hybridized carbons (Fsp3) is 0.357. The van der Waals surface area contributed by atoms with E-state index in [9.17, 15) is 0 Å². The highest BCUT2D eigenvalue weighted by molar-refractivity contribution is 6.56. The highest BCUT2D eigenvalue weighted by atomic mass is 14.0. The molecule has 0 spiro atoms. The smallest absolute Gasteiger partial charge is 0.0855 e. The highest BCUT2D eigenvalue weighted by Crippen LogP contribution is 2.14. The van der Waals surface area contributed by atoms with Gasteiger partial charge in [-0.05, 0) is 49.1 Å². The summed E-state index contributed by atoms with van der Waals surface area (Å²) >= 11 is 0. The van der Waals surface area contributed by atoms with E-state index in [0.717, 1.165) is 25.5 Å². The van der Waals surface area contributed by atoms with E-state index in [1.807, 2.05) is 13.8 Å². The van der Waals surface area contributed by atoms with E-state index in [4.69, 9.17) is 0 Å². The zero-order chi connectivity index (χ0) is 20.4. The lowest BCUT2D eigenvalue weighted by Crippen LogP contribution is -2.16. The lowest BCUT2D eigenvalue weighted by atomic mass is 9.45. The topological polar surface area (TPSA) is 0 Å². The van der Waals surface area contributed by atoms with Crippen LogP contribution >= 0.6 is 0 Å². The summed E-state index contributed by atoms with van der Waals surface area (Å²) in [6, 6.07) is 27.2. The summed E-state index contributed by atoms with van der Waals surface area (Å²) in [5.74, 6) is 0. The Morgan fingerprint density at radius 2 is 0.931 bits per heavy atom. The monoisotopic (exact) mass is 386 g/mol. The van der Waals surface area contributed by atoms with Crippen molar-refractivity contribution in [3.63, 3.8) is 0 Å². The molecule has 0 aliphatic heterocycles. The third-order valence-electron chi connectivity index (χ3n) is 5.15. The van der Waals surface area contributed by atoms with Crippen LogP contribution in [0.2, 0.25) is 6.82 Å². The number of rotatable bonds is 7. The summed E-state index contributed by atoms with van der Waals surface area (Å²) in [5.41, 5.74) is 8.41. The summed E-state index contributed by atoms with van der Waals surface area (Å²) in [6.07, 6.45) is 4.41. The SMILES string of the molecule is C.CC.CCc1ccc(Cc2ccc(CB(C)Cc3ccc(C)cc3)cc2)cc1. The van der Waals surface area contributed by atoms with Gasteiger partial charge in [-0.1, -0.05) is 125 Å². The molecule has 1 heteroatoms. The Morgan fingerprint density at radius 3 is 1.34 bits per heavy atom. The highest BCUT2D eigenvalue weighted by Gasteiger charge is 2.09. The first-order chi connectivity index (χ1) is 13.6. The zero-order valence-electron chi connectivity index (χ0n) is 18.3. The van der Waals surface area contributed by atoms with Crippen molar-refractivity contribution in [2.45, 2.75) is 67.4 Å². The Labute approximate surface area is 180 Å². The van der Waals surface area contributed by atoms with Crippen LogP contribution in [0.1, 0.15) is 61.6 Å². The maximum atomic E-state index is 2.35. The normalized spacial score (nSPS) is 9.83. The molecular formula is C28H39B. The fourth-order valence-corrected chi connectivity index (χ4v) is 3.52. The molecule has 0 aromatic heterocycles. The Hall–Kier alpha value is -2.28. The van der Waals surface area contributed by atoms with E-state index in [1.165, 1.54) is 33.4 Å². The predicted octanol–water partition coefficient (Wildman–Crippen LogP) is 7.80. The van der Waals surface area contributed by atoms with Gasteiger partial charge in [-0.3, -0.25) is 0 Å². The second-order valence-electron chi connectivity index (χ2n) is 7.66. The van der Waals surface area contributed by atoms with Gasteiger partial charge < -0.3 is 0 Å². The van der Waals surface area contributed by atoms with E-state index in [1.54, 1.807) is 0 Å².